The van der Waals surface area contributed by atoms with Gasteiger partial charge in [0.2, 0.25) is 11.8 Å². The summed E-state index contributed by atoms with van der Waals surface area (Å²) < 4.78 is 0. The average Bonchev–Trinajstić information content (AvgIpc) is 2.28. The van der Waals surface area contributed by atoms with Crippen molar-refractivity contribution >= 4 is 44.1 Å². The summed E-state index contributed by atoms with van der Waals surface area (Å²) in [7, 11) is 2.57. The second-order valence-corrected chi connectivity index (χ2v) is 6.34. The largest absolute Gasteiger partial charge is 0.279 e. The van der Waals surface area contributed by atoms with Crippen molar-refractivity contribution in [2.45, 2.75) is 31.6 Å². The van der Waals surface area contributed by atoms with Gasteiger partial charge in [-0.1, -0.05) is 22.5 Å². The molecular formula is C7H11NO2S3. The first kappa shape index (κ1) is 11.3. The van der Waals surface area contributed by atoms with Gasteiger partial charge in [-0.25, -0.2) is 0 Å². The summed E-state index contributed by atoms with van der Waals surface area (Å²) in [6.45, 7) is 3.69. The van der Waals surface area contributed by atoms with Gasteiger partial charge in [-0.2, -0.15) is 0 Å². The van der Waals surface area contributed by atoms with Gasteiger partial charge >= 0.3 is 0 Å². The van der Waals surface area contributed by atoms with E-state index in [0.29, 0.717) is 6.42 Å². The highest BCUT2D eigenvalue weighted by Crippen LogP contribution is 2.36. The molecule has 0 radical (unpaired) electrons. The number of hydrogen-bond acceptors (Lipinski definition) is 5. The number of nitrogens with zero attached hydrogens (tertiary/aromatic N) is 1. The van der Waals surface area contributed by atoms with Crippen LogP contribution in [0.4, 0.5) is 0 Å². The Morgan fingerprint density at radius 3 is 2.54 bits per heavy atom. The van der Waals surface area contributed by atoms with E-state index < -0.39 is 0 Å². The van der Waals surface area contributed by atoms with Crippen LogP contribution < -0.4 is 0 Å². The van der Waals surface area contributed by atoms with Crippen LogP contribution in [0, 0.1) is 0 Å². The minimum absolute atomic E-state index is 0.0319. The number of likely N-dealkylation sites (tertiary alicyclic amines) is 1. The fraction of sp³-hybridized carbons (Fsp3) is 0.714. The standard InChI is InChI=1S/C7H11NO2S3/c1-4(2)8-6(9)3-5(7(8)10)12-13-11/h4-5,11H,3H2,1-2H3. The van der Waals surface area contributed by atoms with E-state index in [1.54, 1.807) is 0 Å². The minimum Gasteiger partial charge on any atom is -0.279 e. The Labute approximate surface area is 90.2 Å². The molecule has 1 fully saturated rings. The highest BCUT2D eigenvalue weighted by molar-refractivity contribution is 9.05. The van der Waals surface area contributed by atoms with E-state index in [2.05, 4.69) is 11.7 Å². The zero-order valence-corrected chi connectivity index (χ0v) is 9.92. The second kappa shape index (κ2) is 4.61. The van der Waals surface area contributed by atoms with E-state index >= 15 is 0 Å². The van der Waals surface area contributed by atoms with E-state index in [1.165, 1.54) is 25.5 Å². The van der Waals surface area contributed by atoms with Gasteiger partial charge in [0, 0.05) is 12.5 Å². The number of carbonyl (C=O) groups excluding carboxylic acids is 2. The third-order valence-corrected chi connectivity index (χ3v) is 4.23. The summed E-state index contributed by atoms with van der Waals surface area (Å²) in [5.41, 5.74) is 0. The lowest BCUT2D eigenvalue weighted by atomic mass is 10.3. The zero-order valence-electron chi connectivity index (χ0n) is 7.39. The Kier molecular flexibility index (Phi) is 4.00. The molecule has 0 aliphatic carbocycles. The second-order valence-electron chi connectivity index (χ2n) is 3.06. The molecule has 0 N–H and O–H groups in total. The maximum atomic E-state index is 11.6. The average molecular weight is 237 g/mol. The molecule has 1 aliphatic heterocycles. The van der Waals surface area contributed by atoms with Crippen LogP contribution in [0.3, 0.4) is 0 Å². The topological polar surface area (TPSA) is 37.4 Å². The van der Waals surface area contributed by atoms with Gasteiger partial charge in [0.05, 0.1) is 0 Å². The molecule has 0 saturated carbocycles. The Balaban J connectivity index is 2.70. The highest BCUT2D eigenvalue weighted by Gasteiger charge is 2.40. The predicted octanol–water partition coefficient (Wildman–Crippen LogP) is 1.75. The molecule has 0 aromatic heterocycles. The Morgan fingerprint density at radius 1 is 1.54 bits per heavy atom. The van der Waals surface area contributed by atoms with Crippen molar-refractivity contribution in [1.29, 1.82) is 0 Å². The molecule has 1 aliphatic rings. The highest BCUT2D eigenvalue weighted by atomic mass is 33.5. The van der Waals surface area contributed by atoms with Crippen molar-refractivity contribution in [3.63, 3.8) is 0 Å². The molecule has 0 bridgehead atoms. The molecular weight excluding hydrogens is 226 g/mol. The molecule has 2 amide bonds. The molecule has 0 aromatic rings. The van der Waals surface area contributed by atoms with E-state index in [0.717, 1.165) is 0 Å². The van der Waals surface area contributed by atoms with Crippen molar-refractivity contribution in [2.24, 2.45) is 0 Å². The van der Waals surface area contributed by atoms with E-state index in [9.17, 15) is 9.59 Å². The number of thiol groups is 1. The third-order valence-electron chi connectivity index (χ3n) is 1.82. The summed E-state index contributed by atoms with van der Waals surface area (Å²) in [5, 5.41) is -0.239. The van der Waals surface area contributed by atoms with Gasteiger partial charge in [0.1, 0.15) is 5.25 Å². The maximum absolute atomic E-state index is 11.6. The molecule has 13 heavy (non-hydrogen) atoms. The minimum atomic E-state index is -0.239. The molecule has 1 heterocycles. The van der Waals surface area contributed by atoms with E-state index in [4.69, 9.17) is 0 Å². The van der Waals surface area contributed by atoms with Crippen LogP contribution in [-0.4, -0.2) is 28.0 Å². The molecule has 1 atom stereocenters. The zero-order chi connectivity index (χ0) is 10.0. The smallest absolute Gasteiger partial charge is 0.243 e. The van der Waals surface area contributed by atoms with Crippen LogP contribution in [0.25, 0.3) is 0 Å². The molecule has 3 nitrogen and oxygen atoms in total. The SMILES string of the molecule is CC(C)N1C(=O)CC(SSS)C1=O. The van der Waals surface area contributed by atoms with Gasteiger partial charge in [-0.15, -0.1) is 0 Å². The molecule has 1 saturated heterocycles. The normalized spacial score (nSPS) is 23.4. The van der Waals surface area contributed by atoms with Crippen molar-refractivity contribution in [3.8, 4) is 0 Å². The molecule has 74 valence electrons. The predicted molar refractivity (Wildman–Crippen MR) is 59.6 cm³/mol. The first-order valence-electron chi connectivity index (χ1n) is 3.90. The summed E-state index contributed by atoms with van der Waals surface area (Å²) in [6.07, 6.45) is 0.315. The lowest BCUT2D eigenvalue weighted by Gasteiger charge is -2.18. The van der Waals surface area contributed by atoms with Gasteiger partial charge < -0.3 is 0 Å². The molecule has 0 aromatic carbocycles. The van der Waals surface area contributed by atoms with Gasteiger partial charge in [-0.05, 0) is 23.7 Å². The van der Waals surface area contributed by atoms with Gasteiger partial charge in [-0.3, -0.25) is 14.5 Å². The van der Waals surface area contributed by atoms with Gasteiger partial charge in [0.15, 0.2) is 0 Å². The quantitative estimate of drug-likeness (QED) is 0.461. The first-order valence-corrected chi connectivity index (χ1v) is 7.17. The van der Waals surface area contributed by atoms with E-state index in [1.807, 2.05) is 13.8 Å². The van der Waals surface area contributed by atoms with Crippen molar-refractivity contribution < 1.29 is 9.59 Å². The van der Waals surface area contributed by atoms with Crippen LogP contribution >= 0.6 is 32.3 Å². The third kappa shape index (κ3) is 2.35. The van der Waals surface area contributed by atoms with Crippen LogP contribution in [0.5, 0.6) is 0 Å². The van der Waals surface area contributed by atoms with Gasteiger partial charge in [0.25, 0.3) is 0 Å². The van der Waals surface area contributed by atoms with Crippen molar-refractivity contribution in [1.82, 2.24) is 4.90 Å². The summed E-state index contributed by atoms with van der Waals surface area (Å²) in [6, 6.07) is -0.0319. The Morgan fingerprint density at radius 2 is 2.15 bits per heavy atom. The van der Waals surface area contributed by atoms with Crippen LogP contribution in [0.15, 0.2) is 0 Å². The van der Waals surface area contributed by atoms with E-state index in [-0.39, 0.29) is 23.1 Å². The number of imide groups is 1. The summed E-state index contributed by atoms with van der Waals surface area (Å²) in [4.78, 5) is 24.3. The van der Waals surface area contributed by atoms with Crippen LogP contribution in [0.1, 0.15) is 20.3 Å². The number of amides is 2. The fourth-order valence-electron chi connectivity index (χ4n) is 1.29. The Bertz CT molecular complexity index is 232. The molecule has 1 unspecified atom stereocenters. The fourth-order valence-corrected chi connectivity index (χ4v) is 3.50. The number of rotatable bonds is 3. The Hall–Kier alpha value is 0.190. The maximum Gasteiger partial charge on any atom is 0.243 e. The van der Waals surface area contributed by atoms with Crippen LogP contribution in [-0.2, 0) is 9.59 Å². The summed E-state index contributed by atoms with van der Waals surface area (Å²) >= 11 is 3.94. The summed E-state index contributed by atoms with van der Waals surface area (Å²) in [5.74, 6) is -0.147. The lowest BCUT2D eigenvalue weighted by molar-refractivity contribution is -0.140. The van der Waals surface area contributed by atoms with Crippen molar-refractivity contribution in [2.75, 3.05) is 0 Å². The number of carbonyl (C=O) groups is 2. The van der Waals surface area contributed by atoms with Crippen LogP contribution in [0.2, 0.25) is 0 Å². The molecule has 6 heteroatoms. The lowest BCUT2D eigenvalue weighted by Crippen LogP contribution is -2.37. The molecule has 1 rings (SSSR count). The van der Waals surface area contributed by atoms with Crippen molar-refractivity contribution in [3.05, 3.63) is 0 Å². The first-order chi connectivity index (χ1) is 6.07. The molecule has 0 spiro atoms. The number of hydrogen-bond donors (Lipinski definition) is 1. The monoisotopic (exact) mass is 237 g/mol.